The van der Waals surface area contributed by atoms with Crippen LogP contribution in [0.5, 0.6) is 0 Å². The quantitative estimate of drug-likeness (QED) is 0.180. The highest BCUT2D eigenvalue weighted by atomic mass is 32.1. The summed E-state index contributed by atoms with van der Waals surface area (Å²) in [6.45, 7) is 0. The van der Waals surface area contributed by atoms with Crippen molar-refractivity contribution < 1.29 is 13.2 Å². The zero-order valence-electron chi connectivity index (χ0n) is 31.8. The van der Waals surface area contributed by atoms with Crippen molar-refractivity contribution in [1.29, 1.82) is 0 Å². The van der Waals surface area contributed by atoms with Crippen LogP contribution in [0.2, 0.25) is 0 Å². The Labute approximate surface area is 308 Å². The predicted octanol–water partition coefficient (Wildman–Crippen LogP) is 10.0. The molecule has 0 saturated heterocycles. The maximum atomic E-state index is 13.0. The van der Waals surface area contributed by atoms with Gasteiger partial charge in [0.15, 0.2) is 0 Å². The molecule has 0 amide bonds. The van der Waals surface area contributed by atoms with Crippen LogP contribution in [0.15, 0.2) is 102 Å². The highest BCUT2D eigenvalue weighted by molar-refractivity contribution is 7.10. The van der Waals surface area contributed by atoms with Crippen LogP contribution in [0.1, 0.15) is 78.5 Å². The molecule has 0 bridgehead atoms. The Morgan fingerprint density at radius 3 is 1.06 bits per heavy atom. The second-order valence-corrected chi connectivity index (χ2v) is 16.4. The Balaban J connectivity index is 0.000000201. The van der Waals surface area contributed by atoms with Crippen LogP contribution in [-0.2, 0) is 28.3 Å². The van der Waals surface area contributed by atoms with E-state index in [0.717, 1.165) is 31.2 Å². The van der Waals surface area contributed by atoms with Crippen molar-refractivity contribution in [1.82, 2.24) is 19.6 Å². The SMILES string of the molecule is CN(C)C1(c2ccccc2)CCC(c2ccc(C(F)(F)F)cc2)(N(C)C)CC1.CN(C)C1(c2ccccc2)CCC(c2cccs2)(N(C)C)CC1. The molecule has 51 heavy (non-hydrogen) atoms. The number of thiophene rings is 1. The van der Waals surface area contributed by atoms with Crippen LogP contribution in [0.3, 0.4) is 0 Å². The molecule has 0 N–H and O–H groups in total. The fourth-order valence-electron chi connectivity index (χ4n) is 9.06. The first-order valence-electron chi connectivity index (χ1n) is 18.2. The summed E-state index contributed by atoms with van der Waals surface area (Å²) < 4.78 is 38.9. The molecule has 0 aliphatic heterocycles. The van der Waals surface area contributed by atoms with E-state index in [-0.39, 0.29) is 22.2 Å². The van der Waals surface area contributed by atoms with Crippen LogP contribution in [0.4, 0.5) is 13.2 Å². The van der Waals surface area contributed by atoms with Gasteiger partial charge in [0.25, 0.3) is 0 Å². The van der Waals surface area contributed by atoms with Gasteiger partial charge in [0.1, 0.15) is 0 Å². The minimum absolute atomic E-state index is 0.0489. The van der Waals surface area contributed by atoms with E-state index in [9.17, 15) is 13.2 Å². The summed E-state index contributed by atoms with van der Waals surface area (Å²) in [5.74, 6) is 0. The molecule has 0 atom stereocenters. The largest absolute Gasteiger partial charge is 0.416 e. The summed E-state index contributed by atoms with van der Waals surface area (Å²) in [4.78, 5) is 10.9. The molecule has 2 aliphatic carbocycles. The Morgan fingerprint density at radius 1 is 0.431 bits per heavy atom. The number of benzene rings is 3. The van der Waals surface area contributed by atoms with Crippen molar-refractivity contribution in [2.24, 2.45) is 0 Å². The second-order valence-electron chi connectivity index (χ2n) is 15.5. The van der Waals surface area contributed by atoms with E-state index in [2.05, 4.69) is 134 Å². The fourth-order valence-corrected chi connectivity index (χ4v) is 10.1. The molecule has 0 spiro atoms. The summed E-state index contributed by atoms with van der Waals surface area (Å²) in [7, 11) is 17.3. The molecule has 2 aliphatic rings. The minimum atomic E-state index is -4.30. The van der Waals surface area contributed by atoms with E-state index in [1.54, 1.807) is 12.1 Å². The van der Waals surface area contributed by atoms with Crippen LogP contribution in [-0.4, -0.2) is 76.0 Å². The van der Waals surface area contributed by atoms with Crippen LogP contribution in [0, 0.1) is 0 Å². The highest BCUT2D eigenvalue weighted by Crippen LogP contribution is 2.52. The predicted molar refractivity (Wildman–Crippen MR) is 207 cm³/mol. The Kier molecular flexibility index (Phi) is 11.9. The molecular weight excluding hydrogens is 662 g/mol. The van der Waals surface area contributed by atoms with Gasteiger partial charge in [0.05, 0.1) is 11.1 Å². The summed E-state index contributed by atoms with van der Waals surface area (Å²) >= 11 is 1.91. The van der Waals surface area contributed by atoms with Crippen molar-refractivity contribution in [3.05, 3.63) is 130 Å². The number of nitrogens with zero attached hydrogens (tertiary/aromatic N) is 4. The van der Waals surface area contributed by atoms with Crippen LogP contribution < -0.4 is 0 Å². The summed E-state index contributed by atoms with van der Waals surface area (Å²) in [6.07, 6.45) is 4.16. The lowest BCUT2D eigenvalue weighted by Crippen LogP contribution is -2.52. The molecule has 276 valence electrons. The molecule has 2 fully saturated rings. The average molecular weight is 719 g/mol. The number of halogens is 3. The normalized spacial score (nSPS) is 27.1. The zero-order valence-corrected chi connectivity index (χ0v) is 32.6. The van der Waals surface area contributed by atoms with Gasteiger partial charge in [-0.25, -0.2) is 0 Å². The third-order valence-corrected chi connectivity index (χ3v) is 13.6. The molecule has 6 rings (SSSR count). The first kappa shape index (κ1) is 39.2. The third-order valence-electron chi connectivity index (χ3n) is 12.6. The highest BCUT2D eigenvalue weighted by Gasteiger charge is 2.48. The second kappa shape index (κ2) is 15.5. The van der Waals surface area contributed by atoms with Gasteiger partial charge in [0, 0.05) is 21.5 Å². The summed E-state index contributed by atoms with van der Waals surface area (Å²) in [5.41, 5.74) is 3.20. The third kappa shape index (κ3) is 7.58. The van der Waals surface area contributed by atoms with Gasteiger partial charge in [-0.3, -0.25) is 19.6 Å². The van der Waals surface area contributed by atoms with Gasteiger partial charge in [-0.1, -0.05) is 78.9 Å². The molecule has 3 aromatic carbocycles. The fraction of sp³-hybridized carbons (Fsp3) is 0.488. The van der Waals surface area contributed by atoms with Gasteiger partial charge in [-0.15, -0.1) is 11.3 Å². The molecule has 8 heteroatoms. The summed E-state index contributed by atoms with van der Waals surface area (Å²) in [5, 5.41) is 2.21. The standard InChI is InChI=1S/C23H29F3N2.C20H28N2S/c1-27(2)21(18-8-6-5-7-9-18)14-16-22(17-15-21,28(3)4)19-10-12-20(13-11-19)23(24,25)26;1-21(2)19(17-9-6-5-7-10-17)12-14-20(15-13-19,22(3)4)18-11-8-16-23-18/h5-13H,14-17H2,1-4H3;5-11,16H,12-15H2,1-4H3. The van der Waals surface area contributed by atoms with Gasteiger partial charge in [-0.2, -0.15) is 13.2 Å². The van der Waals surface area contributed by atoms with Gasteiger partial charge < -0.3 is 0 Å². The monoisotopic (exact) mass is 718 g/mol. The molecule has 4 nitrogen and oxygen atoms in total. The van der Waals surface area contributed by atoms with E-state index < -0.39 is 11.7 Å². The Hall–Kier alpha value is -3.01. The minimum Gasteiger partial charge on any atom is -0.300 e. The lowest BCUT2D eigenvalue weighted by Gasteiger charge is -2.52. The lowest BCUT2D eigenvalue weighted by atomic mass is 9.66. The molecule has 0 unspecified atom stereocenters. The van der Waals surface area contributed by atoms with E-state index in [1.165, 1.54) is 53.8 Å². The maximum Gasteiger partial charge on any atom is 0.416 e. The molecule has 2 saturated carbocycles. The van der Waals surface area contributed by atoms with Crippen molar-refractivity contribution in [2.75, 3.05) is 56.4 Å². The van der Waals surface area contributed by atoms with Crippen molar-refractivity contribution in [2.45, 2.75) is 79.7 Å². The molecule has 0 radical (unpaired) electrons. The lowest BCUT2D eigenvalue weighted by molar-refractivity contribution is -0.137. The van der Waals surface area contributed by atoms with E-state index in [1.807, 2.05) is 31.5 Å². The van der Waals surface area contributed by atoms with Crippen molar-refractivity contribution in [3.8, 4) is 0 Å². The van der Waals surface area contributed by atoms with Crippen molar-refractivity contribution >= 4 is 11.3 Å². The molecule has 1 aromatic heterocycles. The number of hydrogen-bond acceptors (Lipinski definition) is 5. The number of hydrogen-bond donors (Lipinski definition) is 0. The van der Waals surface area contributed by atoms with E-state index in [4.69, 9.17) is 0 Å². The van der Waals surface area contributed by atoms with E-state index >= 15 is 0 Å². The maximum absolute atomic E-state index is 13.0. The zero-order chi connectivity index (χ0) is 37.1. The van der Waals surface area contributed by atoms with Gasteiger partial charge in [0.2, 0.25) is 0 Å². The van der Waals surface area contributed by atoms with E-state index in [0.29, 0.717) is 0 Å². The topological polar surface area (TPSA) is 13.0 Å². The average Bonchev–Trinajstić information content (AvgIpc) is 3.68. The number of alkyl halides is 3. The first-order chi connectivity index (χ1) is 24.1. The number of rotatable bonds is 8. The Bertz CT molecular complexity index is 1630. The van der Waals surface area contributed by atoms with Gasteiger partial charge >= 0.3 is 6.18 Å². The van der Waals surface area contributed by atoms with Crippen LogP contribution in [0.25, 0.3) is 0 Å². The first-order valence-corrected chi connectivity index (χ1v) is 19.0. The molecular formula is C43H57F3N4S. The molecule has 4 aromatic rings. The summed E-state index contributed by atoms with van der Waals surface area (Å²) in [6, 6.07) is 31.9. The van der Waals surface area contributed by atoms with Crippen molar-refractivity contribution in [3.63, 3.8) is 0 Å². The smallest absolute Gasteiger partial charge is 0.300 e. The van der Waals surface area contributed by atoms with Crippen LogP contribution >= 0.6 is 11.3 Å². The molecule has 1 heterocycles. The van der Waals surface area contributed by atoms with Gasteiger partial charge in [-0.05, 0) is 148 Å². The Morgan fingerprint density at radius 2 is 0.765 bits per heavy atom.